The molecule has 1 heterocycles. The molecule has 0 atom stereocenters. The van der Waals surface area contributed by atoms with Gasteiger partial charge in [-0.1, -0.05) is 19.3 Å². The molecule has 2 rings (SSSR count). The molecule has 0 aromatic heterocycles. The van der Waals surface area contributed by atoms with Crippen LogP contribution in [0.4, 0.5) is 0 Å². The Hall–Kier alpha value is -0.610. The van der Waals surface area contributed by atoms with Crippen LogP contribution < -0.4 is 0 Å². The molecule has 1 aliphatic carbocycles. The van der Waals surface area contributed by atoms with Gasteiger partial charge in [-0.3, -0.25) is 9.69 Å². The van der Waals surface area contributed by atoms with Crippen LogP contribution in [0.15, 0.2) is 0 Å². The first-order valence-electron chi connectivity index (χ1n) is 8.09. The van der Waals surface area contributed by atoms with E-state index in [9.17, 15) is 9.90 Å². The first kappa shape index (κ1) is 15.8. The lowest BCUT2D eigenvalue weighted by molar-refractivity contribution is -0.164. The summed E-state index contributed by atoms with van der Waals surface area (Å²) in [6.07, 6.45) is 7.52. The van der Waals surface area contributed by atoms with Crippen LogP contribution in [0.3, 0.4) is 0 Å². The second-order valence-corrected chi connectivity index (χ2v) is 6.92. The van der Waals surface area contributed by atoms with Crippen LogP contribution in [0.1, 0.15) is 58.8 Å². The number of likely N-dealkylation sites (tertiary alicyclic amines) is 1. The number of ether oxygens (including phenoxy) is 1. The lowest BCUT2D eigenvalue weighted by Gasteiger charge is -2.37. The second kappa shape index (κ2) is 6.90. The molecule has 1 saturated heterocycles. The van der Waals surface area contributed by atoms with E-state index in [4.69, 9.17) is 4.74 Å². The van der Waals surface area contributed by atoms with Gasteiger partial charge in [0.1, 0.15) is 5.60 Å². The molecule has 4 nitrogen and oxygen atoms in total. The highest BCUT2D eigenvalue weighted by molar-refractivity contribution is 5.72. The minimum absolute atomic E-state index is 0.114. The van der Waals surface area contributed by atoms with Gasteiger partial charge in [-0.25, -0.2) is 0 Å². The van der Waals surface area contributed by atoms with Crippen molar-refractivity contribution in [2.45, 2.75) is 70.5 Å². The number of carbonyl (C=O) groups excluding carboxylic acids is 1. The molecule has 0 unspecified atom stereocenters. The molecule has 20 heavy (non-hydrogen) atoms. The Labute approximate surface area is 122 Å². The Morgan fingerprint density at radius 2 is 1.75 bits per heavy atom. The fraction of sp³-hybridized carbons (Fsp3) is 0.938. The molecule has 2 fully saturated rings. The third-order valence-corrected chi connectivity index (χ3v) is 4.88. The summed E-state index contributed by atoms with van der Waals surface area (Å²) in [4.78, 5) is 14.2. The number of hydrogen-bond acceptors (Lipinski definition) is 4. The predicted octanol–water partition coefficient (Wildman–Crippen LogP) is 2.35. The number of nitrogens with zero attached hydrogens (tertiary/aromatic N) is 1. The van der Waals surface area contributed by atoms with Gasteiger partial charge in [0.25, 0.3) is 0 Å². The average molecular weight is 283 g/mol. The van der Waals surface area contributed by atoms with Gasteiger partial charge >= 0.3 is 5.97 Å². The van der Waals surface area contributed by atoms with Gasteiger partial charge in [-0.05, 0) is 45.4 Å². The van der Waals surface area contributed by atoms with Crippen molar-refractivity contribution in [2.75, 3.05) is 19.6 Å². The standard InChI is InChI=1S/C16H29NO3/c1-16(2,13-6-4-3-5-7-13)20-15(19)12-17-10-8-14(18)9-11-17/h13-14,18H,3-12H2,1-2H3. The number of carbonyl (C=O) groups is 1. The lowest BCUT2D eigenvalue weighted by atomic mass is 9.79. The summed E-state index contributed by atoms with van der Waals surface area (Å²) in [5.74, 6) is 0.389. The van der Waals surface area contributed by atoms with Crippen molar-refractivity contribution in [3.63, 3.8) is 0 Å². The quantitative estimate of drug-likeness (QED) is 0.805. The first-order chi connectivity index (χ1) is 9.47. The van der Waals surface area contributed by atoms with E-state index in [0.29, 0.717) is 12.5 Å². The van der Waals surface area contributed by atoms with Crippen LogP contribution in [-0.2, 0) is 9.53 Å². The van der Waals surface area contributed by atoms with Gasteiger partial charge < -0.3 is 9.84 Å². The minimum Gasteiger partial charge on any atom is -0.458 e. The number of rotatable bonds is 4. The molecule has 0 spiro atoms. The topological polar surface area (TPSA) is 49.8 Å². The Balaban J connectivity index is 1.77. The molecule has 1 N–H and O–H groups in total. The molecule has 116 valence electrons. The first-order valence-corrected chi connectivity index (χ1v) is 8.09. The zero-order valence-corrected chi connectivity index (χ0v) is 12.9. The van der Waals surface area contributed by atoms with Gasteiger partial charge in [0, 0.05) is 13.1 Å². The Bertz CT molecular complexity index is 316. The van der Waals surface area contributed by atoms with Crippen LogP contribution in [0.25, 0.3) is 0 Å². The normalized spacial score (nSPS) is 23.8. The third-order valence-electron chi connectivity index (χ3n) is 4.88. The van der Waals surface area contributed by atoms with Gasteiger partial charge in [-0.2, -0.15) is 0 Å². The van der Waals surface area contributed by atoms with Crippen molar-refractivity contribution in [3.05, 3.63) is 0 Å². The van der Waals surface area contributed by atoms with Gasteiger partial charge in [0.15, 0.2) is 0 Å². The number of esters is 1. The number of hydrogen-bond donors (Lipinski definition) is 1. The highest BCUT2D eigenvalue weighted by Crippen LogP contribution is 2.34. The SMILES string of the molecule is CC(C)(OC(=O)CN1CCC(O)CC1)C1CCCCC1. The van der Waals surface area contributed by atoms with Crippen molar-refractivity contribution in [3.8, 4) is 0 Å². The van der Waals surface area contributed by atoms with E-state index in [1.807, 2.05) is 0 Å². The molecule has 0 aromatic rings. The summed E-state index contributed by atoms with van der Waals surface area (Å²) < 4.78 is 5.76. The van der Waals surface area contributed by atoms with Crippen molar-refractivity contribution in [1.29, 1.82) is 0 Å². The monoisotopic (exact) mass is 283 g/mol. The largest absolute Gasteiger partial charge is 0.458 e. The van der Waals surface area contributed by atoms with Gasteiger partial charge in [-0.15, -0.1) is 0 Å². The van der Waals surface area contributed by atoms with Crippen LogP contribution in [0.5, 0.6) is 0 Å². The molecule has 2 aliphatic rings. The Morgan fingerprint density at radius 1 is 1.15 bits per heavy atom. The molecule has 0 bridgehead atoms. The Morgan fingerprint density at radius 3 is 2.35 bits per heavy atom. The highest BCUT2D eigenvalue weighted by Gasteiger charge is 2.34. The third kappa shape index (κ3) is 4.45. The summed E-state index contributed by atoms with van der Waals surface area (Å²) >= 11 is 0. The van der Waals surface area contributed by atoms with E-state index in [0.717, 1.165) is 25.9 Å². The van der Waals surface area contributed by atoms with Crippen LogP contribution in [0, 0.1) is 5.92 Å². The maximum absolute atomic E-state index is 12.1. The molecule has 0 radical (unpaired) electrons. The van der Waals surface area contributed by atoms with E-state index in [2.05, 4.69) is 18.7 Å². The van der Waals surface area contributed by atoms with E-state index in [1.165, 1.54) is 32.1 Å². The predicted molar refractivity (Wildman–Crippen MR) is 78.4 cm³/mol. The molecular weight excluding hydrogens is 254 g/mol. The summed E-state index contributed by atoms with van der Waals surface area (Å²) in [6.45, 7) is 6.06. The zero-order valence-electron chi connectivity index (χ0n) is 12.9. The average Bonchev–Trinajstić information content (AvgIpc) is 2.42. The summed E-state index contributed by atoms with van der Waals surface area (Å²) in [7, 11) is 0. The lowest BCUT2D eigenvalue weighted by Crippen LogP contribution is -2.43. The molecule has 1 saturated carbocycles. The molecule has 0 amide bonds. The second-order valence-electron chi connectivity index (χ2n) is 6.92. The fourth-order valence-electron chi connectivity index (χ4n) is 3.47. The summed E-state index contributed by atoms with van der Waals surface area (Å²) in [5, 5.41) is 9.47. The van der Waals surface area contributed by atoms with Crippen LogP contribution in [0.2, 0.25) is 0 Å². The summed E-state index contributed by atoms with van der Waals surface area (Å²) in [5.41, 5.74) is -0.340. The fourth-order valence-corrected chi connectivity index (χ4v) is 3.47. The van der Waals surface area contributed by atoms with Crippen molar-refractivity contribution >= 4 is 5.97 Å². The van der Waals surface area contributed by atoms with Crippen molar-refractivity contribution < 1.29 is 14.6 Å². The highest BCUT2D eigenvalue weighted by atomic mass is 16.6. The van der Waals surface area contributed by atoms with E-state index in [-0.39, 0.29) is 17.7 Å². The molecule has 0 aromatic carbocycles. The van der Waals surface area contributed by atoms with E-state index >= 15 is 0 Å². The summed E-state index contributed by atoms with van der Waals surface area (Å²) in [6, 6.07) is 0. The Kier molecular flexibility index (Phi) is 5.44. The van der Waals surface area contributed by atoms with Crippen molar-refractivity contribution in [1.82, 2.24) is 4.90 Å². The van der Waals surface area contributed by atoms with E-state index in [1.54, 1.807) is 0 Å². The van der Waals surface area contributed by atoms with Crippen molar-refractivity contribution in [2.24, 2.45) is 5.92 Å². The van der Waals surface area contributed by atoms with E-state index < -0.39 is 0 Å². The number of aliphatic hydroxyl groups excluding tert-OH is 1. The van der Waals surface area contributed by atoms with Gasteiger partial charge in [0.2, 0.25) is 0 Å². The molecule has 4 heteroatoms. The molecule has 1 aliphatic heterocycles. The van der Waals surface area contributed by atoms with Crippen LogP contribution in [-0.4, -0.2) is 47.3 Å². The zero-order chi connectivity index (χ0) is 14.6. The molecular formula is C16H29NO3. The van der Waals surface area contributed by atoms with Gasteiger partial charge in [0.05, 0.1) is 12.6 Å². The van der Waals surface area contributed by atoms with Crippen LogP contribution >= 0.6 is 0 Å². The number of piperidine rings is 1. The number of aliphatic hydroxyl groups is 1. The minimum atomic E-state index is -0.340. The maximum atomic E-state index is 12.1. The maximum Gasteiger partial charge on any atom is 0.320 e. The smallest absolute Gasteiger partial charge is 0.320 e.